The summed E-state index contributed by atoms with van der Waals surface area (Å²) >= 11 is 0. The molecule has 0 aliphatic rings. The van der Waals surface area contributed by atoms with Gasteiger partial charge in [-0.15, -0.1) is 0 Å². The third kappa shape index (κ3) is 4.75. The van der Waals surface area contributed by atoms with Crippen molar-refractivity contribution >= 4 is 11.7 Å². The normalized spacial score (nSPS) is 12.7. The van der Waals surface area contributed by atoms with Gasteiger partial charge in [-0.3, -0.25) is 0 Å². The number of anilines is 1. The van der Waals surface area contributed by atoms with E-state index in [0.717, 1.165) is 12.1 Å². The van der Waals surface area contributed by atoms with Gasteiger partial charge in [-0.05, 0) is 37.3 Å². The van der Waals surface area contributed by atoms with Gasteiger partial charge in [0.15, 0.2) is 0 Å². The van der Waals surface area contributed by atoms with Crippen molar-refractivity contribution in [3.05, 3.63) is 53.5 Å². The minimum Gasteiger partial charge on any atom is -0.464 e. The Labute approximate surface area is 130 Å². The third-order valence-electron chi connectivity index (χ3n) is 2.99. The molecule has 5 nitrogen and oxygen atoms in total. The van der Waals surface area contributed by atoms with Crippen LogP contribution in [0.15, 0.2) is 40.8 Å². The van der Waals surface area contributed by atoms with E-state index < -0.39 is 23.9 Å². The van der Waals surface area contributed by atoms with Crippen molar-refractivity contribution in [1.82, 2.24) is 5.32 Å². The number of furan rings is 1. The minimum absolute atomic E-state index is 0.000609. The van der Waals surface area contributed by atoms with Gasteiger partial charge >= 0.3 is 12.2 Å². The van der Waals surface area contributed by atoms with E-state index in [2.05, 4.69) is 10.6 Å². The van der Waals surface area contributed by atoms with E-state index in [1.807, 2.05) is 0 Å². The van der Waals surface area contributed by atoms with E-state index in [1.54, 1.807) is 19.1 Å². The first-order valence-corrected chi connectivity index (χ1v) is 6.72. The molecule has 0 bridgehead atoms. The van der Waals surface area contributed by atoms with Crippen molar-refractivity contribution < 1.29 is 27.5 Å². The van der Waals surface area contributed by atoms with E-state index in [4.69, 9.17) is 4.42 Å². The molecular formula is C15H15F3N2O3. The molecule has 1 aromatic heterocycles. The van der Waals surface area contributed by atoms with Crippen molar-refractivity contribution in [2.75, 3.05) is 11.9 Å². The Morgan fingerprint density at radius 1 is 1.30 bits per heavy atom. The number of urea groups is 1. The van der Waals surface area contributed by atoms with E-state index in [1.165, 1.54) is 12.1 Å². The van der Waals surface area contributed by atoms with Crippen LogP contribution >= 0.6 is 0 Å². The first kappa shape index (κ1) is 16.9. The van der Waals surface area contributed by atoms with Crippen molar-refractivity contribution in [2.45, 2.75) is 19.2 Å². The van der Waals surface area contributed by atoms with E-state index >= 15 is 0 Å². The van der Waals surface area contributed by atoms with Crippen molar-refractivity contribution in [1.29, 1.82) is 0 Å². The van der Waals surface area contributed by atoms with Gasteiger partial charge < -0.3 is 20.2 Å². The fraction of sp³-hybridized carbons (Fsp3) is 0.267. The van der Waals surface area contributed by atoms with Gasteiger partial charge in [-0.25, -0.2) is 4.79 Å². The maximum atomic E-state index is 12.6. The molecule has 0 spiro atoms. The topological polar surface area (TPSA) is 74.5 Å². The van der Waals surface area contributed by atoms with Gasteiger partial charge in [0.25, 0.3) is 0 Å². The first-order chi connectivity index (χ1) is 10.8. The van der Waals surface area contributed by atoms with E-state index in [-0.39, 0.29) is 12.2 Å². The van der Waals surface area contributed by atoms with Crippen LogP contribution in [0.3, 0.4) is 0 Å². The Hall–Kier alpha value is -2.48. The molecule has 2 rings (SSSR count). The van der Waals surface area contributed by atoms with Gasteiger partial charge in [0, 0.05) is 5.69 Å². The van der Waals surface area contributed by atoms with E-state index in [0.29, 0.717) is 11.5 Å². The smallest absolute Gasteiger partial charge is 0.416 e. The van der Waals surface area contributed by atoms with Crippen LogP contribution in [0.1, 0.15) is 23.2 Å². The molecule has 1 aromatic carbocycles. The van der Waals surface area contributed by atoms with Crippen LogP contribution in [0, 0.1) is 6.92 Å². The Morgan fingerprint density at radius 2 is 2.04 bits per heavy atom. The number of carbonyl (C=O) groups excluding carboxylic acids is 1. The standard InChI is InChI=1S/C15H15F3N2O3/c1-9-5-6-13(23-9)12(21)8-19-14(22)20-11-4-2-3-10(7-11)15(16,17)18/h2-7,12,21H,8H2,1H3,(H2,19,20,22). The van der Waals surface area contributed by atoms with Gasteiger partial charge in [0.05, 0.1) is 12.1 Å². The molecular weight excluding hydrogens is 313 g/mol. The number of aliphatic hydroxyl groups excluding tert-OH is 1. The van der Waals surface area contributed by atoms with Crippen LogP contribution in [-0.4, -0.2) is 17.7 Å². The summed E-state index contributed by atoms with van der Waals surface area (Å²) in [5.74, 6) is 0.911. The molecule has 23 heavy (non-hydrogen) atoms. The highest BCUT2D eigenvalue weighted by Crippen LogP contribution is 2.30. The summed E-state index contributed by atoms with van der Waals surface area (Å²) in [6, 6.07) is 6.78. The number of alkyl halides is 3. The summed E-state index contributed by atoms with van der Waals surface area (Å²) in [7, 11) is 0. The second-order valence-corrected chi connectivity index (χ2v) is 4.88. The lowest BCUT2D eigenvalue weighted by Crippen LogP contribution is -2.32. The van der Waals surface area contributed by atoms with Crippen molar-refractivity contribution in [2.24, 2.45) is 0 Å². The molecule has 3 N–H and O–H groups in total. The third-order valence-corrected chi connectivity index (χ3v) is 2.99. The Morgan fingerprint density at radius 3 is 2.65 bits per heavy atom. The molecule has 0 fully saturated rings. The molecule has 1 unspecified atom stereocenters. The maximum absolute atomic E-state index is 12.6. The summed E-state index contributed by atoms with van der Waals surface area (Å²) in [5.41, 5.74) is -0.859. The Bertz CT molecular complexity index is 683. The fourth-order valence-electron chi connectivity index (χ4n) is 1.87. The average Bonchev–Trinajstić information content (AvgIpc) is 2.91. The van der Waals surface area contributed by atoms with Crippen LogP contribution in [0.5, 0.6) is 0 Å². The van der Waals surface area contributed by atoms with Crippen LogP contribution < -0.4 is 10.6 Å². The maximum Gasteiger partial charge on any atom is 0.416 e. The number of nitrogens with one attached hydrogen (secondary N) is 2. The van der Waals surface area contributed by atoms with Gasteiger partial charge in [0.2, 0.25) is 0 Å². The highest BCUT2D eigenvalue weighted by Gasteiger charge is 2.30. The summed E-state index contributed by atoms with van der Waals surface area (Å²) in [5, 5.41) is 14.4. The summed E-state index contributed by atoms with van der Waals surface area (Å²) in [6.45, 7) is 1.57. The summed E-state index contributed by atoms with van der Waals surface area (Å²) in [6.07, 6.45) is -5.53. The lowest BCUT2D eigenvalue weighted by atomic mass is 10.2. The highest BCUT2D eigenvalue weighted by molar-refractivity contribution is 5.89. The second-order valence-electron chi connectivity index (χ2n) is 4.88. The van der Waals surface area contributed by atoms with Crippen molar-refractivity contribution in [3.63, 3.8) is 0 Å². The summed E-state index contributed by atoms with van der Waals surface area (Å²) < 4.78 is 42.9. The van der Waals surface area contributed by atoms with E-state index in [9.17, 15) is 23.1 Å². The number of aliphatic hydroxyl groups is 1. The van der Waals surface area contributed by atoms with Gasteiger partial charge in [-0.2, -0.15) is 13.2 Å². The zero-order chi connectivity index (χ0) is 17.0. The quantitative estimate of drug-likeness (QED) is 0.804. The monoisotopic (exact) mass is 328 g/mol. The zero-order valence-corrected chi connectivity index (χ0v) is 12.1. The second kappa shape index (κ2) is 6.74. The van der Waals surface area contributed by atoms with Crippen LogP contribution in [0.25, 0.3) is 0 Å². The molecule has 0 saturated carbocycles. The SMILES string of the molecule is Cc1ccc(C(O)CNC(=O)Nc2cccc(C(F)(F)F)c2)o1. The Balaban J connectivity index is 1.90. The lowest BCUT2D eigenvalue weighted by Gasteiger charge is -2.12. The lowest BCUT2D eigenvalue weighted by molar-refractivity contribution is -0.137. The molecule has 0 saturated heterocycles. The number of amides is 2. The average molecular weight is 328 g/mol. The number of hydrogen-bond acceptors (Lipinski definition) is 3. The molecule has 2 aromatic rings. The summed E-state index contributed by atoms with van der Waals surface area (Å²) in [4.78, 5) is 11.7. The van der Waals surface area contributed by atoms with Crippen LogP contribution in [0.2, 0.25) is 0 Å². The van der Waals surface area contributed by atoms with Gasteiger partial charge in [-0.1, -0.05) is 6.07 Å². The van der Waals surface area contributed by atoms with Crippen LogP contribution in [-0.2, 0) is 6.18 Å². The molecule has 124 valence electrons. The number of benzene rings is 1. The largest absolute Gasteiger partial charge is 0.464 e. The molecule has 0 radical (unpaired) electrons. The predicted molar refractivity (Wildman–Crippen MR) is 76.9 cm³/mol. The number of aryl methyl sites for hydroxylation is 1. The number of carbonyl (C=O) groups is 1. The first-order valence-electron chi connectivity index (χ1n) is 6.72. The molecule has 8 heteroatoms. The van der Waals surface area contributed by atoms with Crippen LogP contribution in [0.4, 0.5) is 23.7 Å². The molecule has 1 atom stereocenters. The predicted octanol–water partition coefficient (Wildman–Crippen LogP) is 3.46. The molecule has 1 heterocycles. The van der Waals surface area contributed by atoms with Gasteiger partial charge in [0.1, 0.15) is 17.6 Å². The fourth-order valence-corrected chi connectivity index (χ4v) is 1.87. The zero-order valence-electron chi connectivity index (χ0n) is 12.1. The number of halogens is 3. The molecule has 0 aliphatic carbocycles. The molecule has 0 aliphatic heterocycles. The number of rotatable bonds is 4. The Kier molecular flexibility index (Phi) is 4.95. The molecule has 2 amide bonds. The number of hydrogen-bond donors (Lipinski definition) is 3. The highest BCUT2D eigenvalue weighted by atomic mass is 19.4. The van der Waals surface area contributed by atoms with Crippen molar-refractivity contribution in [3.8, 4) is 0 Å². The minimum atomic E-state index is -4.48.